The number of carbonyl (C=O) groups excluding carboxylic acids is 3. The zero-order chi connectivity index (χ0) is 19.2. The zero-order valence-corrected chi connectivity index (χ0v) is 15.5. The molecular formula is C20H23N3O4. The number of rotatable bonds is 6. The minimum absolute atomic E-state index is 0.224. The summed E-state index contributed by atoms with van der Waals surface area (Å²) >= 11 is 0. The van der Waals surface area contributed by atoms with E-state index in [0.717, 1.165) is 16.5 Å². The van der Waals surface area contributed by atoms with Gasteiger partial charge in [0.05, 0.1) is 12.5 Å². The summed E-state index contributed by atoms with van der Waals surface area (Å²) in [5.74, 6) is -1.19. The van der Waals surface area contributed by atoms with Crippen molar-refractivity contribution in [3.8, 4) is 0 Å². The fourth-order valence-electron chi connectivity index (χ4n) is 4.33. The van der Waals surface area contributed by atoms with Crippen LogP contribution in [0.1, 0.15) is 25.3 Å². The highest BCUT2D eigenvalue weighted by Crippen LogP contribution is 2.50. The number of hydrogen-bond acceptors (Lipinski definition) is 4. The van der Waals surface area contributed by atoms with E-state index < -0.39 is 11.6 Å². The van der Waals surface area contributed by atoms with E-state index in [0.29, 0.717) is 25.9 Å². The number of nitrogens with one attached hydrogen (secondary N) is 2. The molecule has 2 aromatic rings. The molecule has 2 aliphatic rings. The summed E-state index contributed by atoms with van der Waals surface area (Å²) in [6, 6.07) is 7.60. The number of para-hydroxylation sites is 1. The summed E-state index contributed by atoms with van der Waals surface area (Å²) in [5, 5.41) is 6.31. The van der Waals surface area contributed by atoms with E-state index in [4.69, 9.17) is 4.74 Å². The highest BCUT2D eigenvalue weighted by atomic mass is 16.5. The van der Waals surface area contributed by atoms with Crippen LogP contribution in [-0.4, -0.2) is 34.6 Å². The lowest BCUT2D eigenvalue weighted by molar-refractivity contribution is -0.145. The first-order valence-electron chi connectivity index (χ1n) is 9.29. The van der Waals surface area contributed by atoms with E-state index in [1.54, 1.807) is 6.92 Å². The van der Waals surface area contributed by atoms with E-state index >= 15 is 0 Å². The number of carbonyl (C=O) groups is 3. The summed E-state index contributed by atoms with van der Waals surface area (Å²) in [7, 11) is 1.99. The minimum Gasteiger partial charge on any atom is -0.466 e. The van der Waals surface area contributed by atoms with Gasteiger partial charge in [-0.15, -0.1) is 0 Å². The number of hydrogen-bond donors (Lipinski definition) is 2. The molecule has 1 unspecified atom stereocenters. The largest absolute Gasteiger partial charge is 0.466 e. The first-order chi connectivity index (χ1) is 13.0. The Labute approximate surface area is 157 Å². The maximum Gasteiger partial charge on any atom is 0.322 e. The van der Waals surface area contributed by atoms with Gasteiger partial charge in [-0.05, 0) is 37.8 Å². The van der Waals surface area contributed by atoms with Crippen LogP contribution < -0.4 is 10.6 Å². The molecule has 2 N–H and O–H groups in total. The SMILES string of the molecule is CCOC(=O)[C@@H]1C[C@H]1C1(CCc2cn(C)c3ccccc23)NC(=O)NC1=O. The Morgan fingerprint density at radius 3 is 2.81 bits per heavy atom. The number of nitrogens with zero attached hydrogens (tertiary/aromatic N) is 1. The average molecular weight is 369 g/mol. The number of urea groups is 1. The molecule has 1 saturated heterocycles. The number of fused-ring (bicyclic) bond motifs is 1. The molecule has 1 aliphatic carbocycles. The normalized spacial score (nSPS) is 26.7. The Morgan fingerprint density at radius 1 is 1.33 bits per heavy atom. The maximum atomic E-state index is 12.7. The predicted molar refractivity (Wildman–Crippen MR) is 98.9 cm³/mol. The van der Waals surface area contributed by atoms with E-state index in [1.807, 2.05) is 19.2 Å². The highest BCUT2D eigenvalue weighted by Gasteiger charge is 2.63. The van der Waals surface area contributed by atoms with Crippen LogP contribution in [0.5, 0.6) is 0 Å². The molecular weight excluding hydrogens is 346 g/mol. The molecule has 1 aliphatic heterocycles. The number of amides is 3. The molecule has 0 radical (unpaired) electrons. The molecule has 3 amide bonds. The van der Waals surface area contributed by atoms with Gasteiger partial charge < -0.3 is 14.6 Å². The number of esters is 1. The van der Waals surface area contributed by atoms with Crippen molar-refractivity contribution < 1.29 is 19.1 Å². The molecule has 0 bridgehead atoms. The number of aromatic nitrogens is 1. The third-order valence-electron chi connectivity index (χ3n) is 5.75. The van der Waals surface area contributed by atoms with E-state index in [9.17, 15) is 14.4 Å². The van der Waals surface area contributed by atoms with Crippen LogP contribution in [0, 0.1) is 11.8 Å². The number of ether oxygens (including phenoxy) is 1. The fraction of sp³-hybridized carbons (Fsp3) is 0.450. The average Bonchev–Trinajstić information content (AvgIpc) is 3.32. The van der Waals surface area contributed by atoms with Crippen molar-refractivity contribution in [1.82, 2.24) is 15.2 Å². The van der Waals surface area contributed by atoms with E-state index in [2.05, 4.69) is 33.5 Å². The summed E-state index contributed by atoms with van der Waals surface area (Å²) < 4.78 is 7.16. The summed E-state index contributed by atoms with van der Waals surface area (Å²) in [5.41, 5.74) is 1.19. The molecule has 0 spiro atoms. The van der Waals surface area contributed by atoms with E-state index in [1.165, 1.54) is 0 Å². The third kappa shape index (κ3) is 2.87. The lowest BCUT2D eigenvalue weighted by atomic mass is 9.85. The number of benzene rings is 1. The van der Waals surface area contributed by atoms with Gasteiger partial charge in [-0.1, -0.05) is 18.2 Å². The van der Waals surface area contributed by atoms with Gasteiger partial charge in [0, 0.05) is 30.1 Å². The standard InChI is InChI=1S/C20H23N3O4/c1-3-27-17(24)14-10-15(14)20(18(25)21-19(26)22-20)9-8-12-11-23(2)16-7-5-4-6-13(12)16/h4-7,11,14-15H,3,8-10H2,1-2H3,(H2,21,22,25,26)/t14-,15-,20?/m1/s1. The zero-order valence-electron chi connectivity index (χ0n) is 15.5. The Kier molecular flexibility index (Phi) is 4.17. The van der Waals surface area contributed by atoms with Crippen molar-refractivity contribution in [2.75, 3.05) is 6.61 Å². The van der Waals surface area contributed by atoms with Gasteiger partial charge in [0.1, 0.15) is 5.54 Å². The van der Waals surface area contributed by atoms with Crippen LogP contribution >= 0.6 is 0 Å². The molecule has 1 saturated carbocycles. The van der Waals surface area contributed by atoms with Gasteiger partial charge in [0.15, 0.2) is 0 Å². The molecule has 142 valence electrons. The fourth-order valence-corrected chi connectivity index (χ4v) is 4.33. The van der Waals surface area contributed by atoms with Crippen molar-refractivity contribution in [2.24, 2.45) is 18.9 Å². The quantitative estimate of drug-likeness (QED) is 0.601. The van der Waals surface area contributed by atoms with Gasteiger partial charge in [-0.3, -0.25) is 14.9 Å². The second-order valence-electron chi connectivity index (χ2n) is 7.36. The first-order valence-corrected chi connectivity index (χ1v) is 9.29. The lowest BCUT2D eigenvalue weighted by Gasteiger charge is -2.26. The van der Waals surface area contributed by atoms with Gasteiger partial charge in [0.2, 0.25) is 0 Å². The van der Waals surface area contributed by atoms with Crippen molar-refractivity contribution in [3.05, 3.63) is 36.0 Å². The lowest BCUT2D eigenvalue weighted by Crippen LogP contribution is -2.50. The first kappa shape index (κ1) is 17.6. The Balaban J connectivity index is 1.59. The molecule has 3 atom stereocenters. The molecule has 2 fully saturated rings. The van der Waals surface area contributed by atoms with Crippen molar-refractivity contribution in [1.29, 1.82) is 0 Å². The third-order valence-corrected chi connectivity index (χ3v) is 5.75. The topological polar surface area (TPSA) is 89.4 Å². The number of aryl methyl sites for hydroxylation is 2. The second-order valence-corrected chi connectivity index (χ2v) is 7.36. The predicted octanol–water partition coefficient (Wildman–Crippen LogP) is 1.89. The monoisotopic (exact) mass is 369 g/mol. The molecule has 7 nitrogen and oxygen atoms in total. The van der Waals surface area contributed by atoms with Gasteiger partial charge in [-0.25, -0.2) is 4.79 Å². The van der Waals surface area contributed by atoms with Crippen LogP contribution in [0.2, 0.25) is 0 Å². The second kappa shape index (κ2) is 6.40. The molecule has 2 heterocycles. The smallest absolute Gasteiger partial charge is 0.322 e. The van der Waals surface area contributed by atoms with Crippen LogP contribution in [0.4, 0.5) is 4.79 Å². The van der Waals surface area contributed by atoms with Gasteiger partial charge in [0.25, 0.3) is 5.91 Å². The Morgan fingerprint density at radius 2 is 2.11 bits per heavy atom. The molecule has 27 heavy (non-hydrogen) atoms. The highest BCUT2D eigenvalue weighted by molar-refractivity contribution is 6.08. The number of imide groups is 1. The van der Waals surface area contributed by atoms with Crippen LogP contribution in [0.15, 0.2) is 30.5 Å². The van der Waals surface area contributed by atoms with Crippen LogP contribution in [0.25, 0.3) is 10.9 Å². The summed E-state index contributed by atoms with van der Waals surface area (Å²) in [6.45, 7) is 2.07. The van der Waals surface area contributed by atoms with E-state index in [-0.39, 0.29) is 23.7 Å². The minimum atomic E-state index is -1.05. The van der Waals surface area contributed by atoms with Gasteiger partial charge >= 0.3 is 12.0 Å². The molecule has 4 rings (SSSR count). The van der Waals surface area contributed by atoms with Crippen LogP contribution in [-0.2, 0) is 27.8 Å². The molecule has 7 heteroatoms. The van der Waals surface area contributed by atoms with Crippen molar-refractivity contribution >= 4 is 28.8 Å². The van der Waals surface area contributed by atoms with Gasteiger partial charge in [-0.2, -0.15) is 0 Å². The Hall–Kier alpha value is -2.83. The Bertz CT molecular complexity index is 934. The summed E-state index contributed by atoms with van der Waals surface area (Å²) in [6.07, 6.45) is 3.69. The van der Waals surface area contributed by atoms with Crippen LogP contribution in [0.3, 0.4) is 0 Å². The van der Waals surface area contributed by atoms with Crippen molar-refractivity contribution in [3.63, 3.8) is 0 Å². The maximum absolute atomic E-state index is 12.7. The summed E-state index contributed by atoms with van der Waals surface area (Å²) in [4.78, 5) is 36.6. The molecule has 1 aromatic carbocycles. The van der Waals surface area contributed by atoms with Crippen molar-refractivity contribution in [2.45, 2.75) is 31.7 Å². The molecule has 1 aromatic heterocycles.